The van der Waals surface area contributed by atoms with Crippen molar-refractivity contribution in [2.45, 2.75) is 20.0 Å². The molecule has 0 bridgehead atoms. The fourth-order valence-electron chi connectivity index (χ4n) is 3.95. The number of likely N-dealkylation sites (N-methyl/N-ethyl adjacent to an activating group) is 1. The monoisotopic (exact) mass is 438 g/mol. The van der Waals surface area contributed by atoms with Crippen LogP contribution in [0.15, 0.2) is 42.5 Å². The minimum absolute atomic E-state index is 0.0889. The molecule has 0 atom stereocenters. The third-order valence-electron chi connectivity index (χ3n) is 5.94. The molecule has 32 heavy (non-hydrogen) atoms. The Balaban J connectivity index is 1.25. The molecular weight excluding hydrogens is 408 g/mol. The van der Waals surface area contributed by atoms with Gasteiger partial charge in [-0.05, 0) is 35.9 Å². The topological polar surface area (TPSA) is 83.1 Å². The lowest BCUT2D eigenvalue weighted by molar-refractivity contribution is -0.120. The molecular formula is C24H30N4O4. The second kappa shape index (κ2) is 10.5. The number of carbonyl (C=O) groups excluding carboxylic acids is 2. The number of carbonyl (C=O) groups is 2. The first-order chi connectivity index (χ1) is 15.6. The number of hydrogen-bond acceptors (Lipinski definition) is 6. The smallest absolute Gasteiger partial charge is 0.251 e. The Morgan fingerprint density at radius 1 is 0.906 bits per heavy atom. The van der Waals surface area contributed by atoms with Crippen LogP contribution < -0.4 is 20.1 Å². The molecule has 2 heterocycles. The zero-order valence-electron chi connectivity index (χ0n) is 18.4. The molecule has 2 aromatic rings. The Hall–Kier alpha value is -3.10. The zero-order chi connectivity index (χ0) is 22.3. The number of nitrogens with one attached hydrogen (secondary N) is 2. The highest BCUT2D eigenvalue weighted by Crippen LogP contribution is 2.32. The van der Waals surface area contributed by atoms with Crippen molar-refractivity contribution in [3.63, 3.8) is 0 Å². The SMILES string of the molecule is CCN1CCN(Cc2ccccc2CNC(=O)CNC(=O)c2ccc3c(c2)OCO3)CC1. The van der Waals surface area contributed by atoms with E-state index in [2.05, 4.69) is 33.4 Å². The van der Waals surface area contributed by atoms with E-state index >= 15 is 0 Å². The summed E-state index contributed by atoms with van der Waals surface area (Å²) in [6, 6.07) is 13.1. The Labute approximate surface area is 188 Å². The van der Waals surface area contributed by atoms with E-state index in [1.807, 2.05) is 18.2 Å². The van der Waals surface area contributed by atoms with Crippen LogP contribution in [0.1, 0.15) is 28.4 Å². The Morgan fingerprint density at radius 3 is 2.41 bits per heavy atom. The van der Waals surface area contributed by atoms with Crippen molar-refractivity contribution in [2.24, 2.45) is 0 Å². The summed E-state index contributed by atoms with van der Waals surface area (Å²) in [5, 5.41) is 5.57. The van der Waals surface area contributed by atoms with Gasteiger partial charge in [-0.1, -0.05) is 31.2 Å². The Morgan fingerprint density at radius 2 is 1.62 bits per heavy atom. The van der Waals surface area contributed by atoms with Gasteiger partial charge in [0.25, 0.3) is 5.91 Å². The van der Waals surface area contributed by atoms with Crippen LogP contribution in [-0.2, 0) is 17.9 Å². The van der Waals surface area contributed by atoms with Gasteiger partial charge in [0.05, 0.1) is 6.54 Å². The summed E-state index contributed by atoms with van der Waals surface area (Å²) < 4.78 is 10.5. The maximum Gasteiger partial charge on any atom is 0.251 e. The number of nitrogens with zero attached hydrogens (tertiary/aromatic N) is 2. The van der Waals surface area contributed by atoms with Crippen LogP contribution in [-0.4, -0.2) is 67.7 Å². The maximum absolute atomic E-state index is 12.3. The van der Waals surface area contributed by atoms with Crippen molar-refractivity contribution in [1.29, 1.82) is 0 Å². The van der Waals surface area contributed by atoms with Crippen molar-refractivity contribution in [1.82, 2.24) is 20.4 Å². The molecule has 0 saturated carbocycles. The van der Waals surface area contributed by atoms with Gasteiger partial charge in [0, 0.05) is 44.8 Å². The van der Waals surface area contributed by atoms with Crippen LogP contribution in [0.4, 0.5) is 0 Å². The van der Waals surface area contributed by atoms with Crippen molar-refractivity contribution in [2.75, 3.05) is 46.1 Å². The van der Waals surface area contributed by atoms with Gasteiger partial charge in [0.2, 0.25) is 12.7 Å². The van der Waals surface area contributed by atoms with Gasteiger partial charge in [0.1, 0.15) is 0 Å². The first-order valence-electron chi connectivity index (χ1n) is 11.1. The predicted octanol–water partition coefficient (Wildman–Crippen LogP) is 1.60. The second-order valence-electron chi connectivity index (χ2n) is 8.01. The van der Waals surface area contributed by atoms with Crippen LogP contribution >= 0.6 is 0 Å². The van der Waals surface area contributed by atoms with Crippen LogP contribution in [0.5, 0.6) is 11.5 Å². The molecule has 2 amide bonds. The number of fused-ring (bicyclic) bond motifs is 1. The molecule has 0 unspecified atom stereocenters. The molecule has 0 aliphatic carbocycles. The van der Waals surface area contributed by atoms with Gasteiger partial charge in [-0.15, -0.1) is 0 Å². The number of ether oxygens (including phenoxy) is 2. The van der Waals surface area contributed by atoms with Crippen LogP contribution in [0.25, 0.3) is 0 Å². The molecule has 8 nitrogen and oxygen atoms in total. The fourth-order valence-corrected chi connectivity index (χ4v) is 3.95. The molecule has 0 radical (unpaired) electrons. The third-order valence-corrected chi connectivity index (χ3v) is 5.94. The molecule has 2 aliphatic heterocycles. The fraction of sp³-hybridized carbons (Fsp3) is 0.417. The summed E-state index contributed by atoms with van der Waals surface area (Å²) in [7, 11) is 0. The molecule has 0 aromatic heterocycles. The average molecular weight is 439 g/mol. The zero-order valence-corrected chi connectivity index (χ0v) is 18.4. The standard InChI is InChI=1S/C24H30N4O4/c1-2-27-9-11-28(12-10-27)16-20-6-4-3-5-19(20)14-25-23(29)15-26-24(30)18-7-8-21-22(13-18)32-17-31-21/h3-8,13H,2,9-12,14-17H2,1H3,(H,25,29)(H,26,30). The number of piperazine rings is 1. The lowest BCUT2D eigenvalue weighted by Gasteiger charge is -2.34. The highest BCUT2D eigenvalue weighted by Gasteiger charge is 2.18. The Kier molecular flexibility index (Phi) is 7.24. The molecule has 8 heteroatoms. The van der Waals surface area contributed by atoms with E-state index in [1.165, 1.54) is 5.56 Å². The van der Waals surface area contributed by atoms with Crippen molar-refractivity contribution in [3.05, 3.63) is 59.2 Å². The van der Waals surface area contributed by atoms with Gasteiger partial charge in [0.15, 0.2) is 11.5 Å². The second-order valence-corrected chi connectivity index (χ2v) is 8.01. The van der Waals surface area contributed by atoms with Crippen LogP contribution in [0.2, 0.25) is 0 Å². The van der Waals surface area contributed by atoms with Crippen molar-refractivity contribution in [3.8, 4) is 11.5 Å². The van der Waals surface area contributed by atoms with Crippen molar-refractivity contribution < 1.29 is 19.1 Å². The molecule has 2 N–H and O–H groups in total. The first-order valence-corrected chi connectivity index (χ1v) is 11.1. The van der Waals surface area contributed by atoms with E-state index in [1.54, 1.807) is 18.2 Å². The van der Waals surface area contributed by atoms with E-state index in [-0.39, 0.29) is 25.2 Å². The summed E-state index contributed by atoms with van der Waals surface area (Å²) in [5.41, 5.74) is 2.75. The van der Waals surface area contributed by atoms with Gasteiger partial charge >= 0.3 is 0 Å². The normalized spacial score (nSPS) is 16.0. The summed E-state index contributed by atoms with van der Waals surface area (Å²) in [6.07, 6.45) is 0. The Bertz CT molecular complexity index is 957. The third kappa shape index (κ3) is 5.57. The summed E-state index contributed by atoms with van der Waals surface area (Å²) in [6.45, 7) is 8.98. The molecule has 2 aliphatic rings. The van der Waals surface area contributed by atoms with Gasteiger partial charge in [-0.25, -0.2) is 0 Å². The first kappa shape index (κ1) is 22.1. The maximum atomic E-state index is 12.3. The summed E-state index contributed by atoms with van der Waals surface area (Å²) >= 11 is 0. The largest absolute Gasteiger partial charge is 0.454 e. The van der Waals surface area contributed by atoms with E-state index in [0.717, 1.165) is 44.8 Å². The highest BCUT2D eigenvalue weighted by atomic mass is 16.7. The van der Waals surface area contributed by atoms with E-state index in [0.29, 0.717) is 23.6 Å². The van der Waals surface area contributed by atoms with E-state index in [4.69, 9.17) is 9.47 Å². The highest BCUT2D eigenvalue weighted by molar-refractivity contribution is 5.97. The van der Waals surface area contributed by atoms with Gasteiger partial charge in [-0.2, -0.15) is 0 Å². The molecule has 1 saturated heterocycles. The minimum atomic E-state index is -0.329. The average Bonchev–Trinajstić information content (AvgIpc) is 3.30. The molecule has 4 rings (SSSR count). The summed E-state index contributed by atoms with van der Waals surface area (Å²) in [5.74, 6) is 0.593. The van der Waals surface area contributed by atoms with E-state index in [9.17, 15) is 9.59 Å². The van der Waals surface area contributed by atoms with E-state index < -0.39 is 0 Å². The molecule has 170 valence electrons. The number of benzene rings is 2. The van der Waals surface area contributed by atoms with Crippen molar-refractivity contribution >= 4 is 11.8 Å². The molecule has 2 aromatic carbocycles. The number of amides is 2. The number of hydrogen-bond donors (Lipinski definition) is 2. The molecule has 0 spiro atoms. The summed E-state index contributed by atoms with van der Waals surface area (Å²) in [4.78, 5) is 29.6. The van der Waals surface area contributed by atoms with Crippen LogP contribution in [0.3, 0.4) is 0 Å². The lowest BCUT2D eigenvalue weighted by Crippen LogP contribution is -2.45. The molecule has 1 fully saturated rings. The predicted molar refractivity (Wildman–Crippen MR) is 121 cm³/mol. The van der Waals surface area contributed by atoms with Gasteiger partial charge in [-0.3, -0.25) is 14.5 Å². The minimum Gasteiger partial charge on any atom is -0.454 e. The lowest BCUT2D eigenvalue weighted by atomic mass is 10.1. The van der Waals surface area contributed by atoms with Crippen LogP contribution in [0, 0.1) is 0 Å². The number of rotatable bonds is 8. The van der Waals surface area contributed by atoms with Gasteiger partial charge < -0.3 is 25.0 Å². The quantitative estimate of drug-likeness (QED) is 0.652.